The van der Waals surface area contributed by atoms with Crippen LogP contribution in [0.25, 0.3) is 22.2 Å². The first-order chi connectivity index (χ1) is 11.0. The molecule has 3 aromatic rings. The van der Waals surface area contributed by atoms with Gasteiger partial charge in [-0.1, -0.05) is 0 Å². The van der Waals surface area contributed by atoms with E-state index in [2.05, 4.69) is 55.5 Å². The third kappa shape index (κ3) is 2.94. The monoisotopic (exact) mass is 375 g/mol. The third-order valence-corrected chi connectivity index (χ3v) is 4.11. The zero-order valence-corrected chi connectivity index (χ0v) is 14.8. The number of hydrogen-bond donors (Lipinski definition) is 1. The maximum Gasteiger partial charge on any atom is 0.220 e. The van der Waals surface area contributed by atoms with Crippen molar-refractivity contribution in [2.24, 2.45) is 0 Å². The molecule has 0 fully saturated rings. The number of pyridine rings is 1. The Morgan fingerprint density at radius 1 is 1.30 bits per heavy atom. The molecule has 0 radical (unpaired) electrons. The van der Waals surface area contributed by atoms with Gasteiger partial charge < -0.3 is 15.0 Å². The molecule has 120 valence electrons. The molecule has 23 heavy (non-hydrogen) atoms. The minimum absolute atomic E-state index is 0.249. The average molecular weight is 376 g/mol. The summed E-state index contributed by atoms with van der Waals surface area (Å²) >= 11 is 3.45. The second-order valence-electron chi connectivity index (χ2n) is 5.60. The quantitative estimate of drug-likeness (QED) is 0.705. The first-order valence-electron chi connectivity index (χ1n) is 7.28. The van der Waals surface area contributed by atoms with Crippen LogP contribution >= 0.6 is 15.9 Å². The summed E-state index contributed by atoms with van der Waals surface area (Å²) in [6.45, 7) is 4.70. The van der Waals surface area contributed by atoms with Crippen molar-refractivity contribution < 1.29 is 4.74 Å². The topological polar surface area (TPSA) is 78.9 Å². The first kappa shape index (κ1) is 15.9. The third-order valence-electron chi connectivity index (χ3n) is 3.68. The van der Waals surface area contributed by atoms with E-state index in [1.165, 1.54) is 0 Å². The number of rotatable bonds is 4. The maximum absolute atomic E-state index is 5.81. The van der Waals surface area contributed by atoms with Crippen molar-refractivity contribution in [2.75, 3.05) is 12.8 Å². The first-order valence-corrected chi connectivity index (χ1v) is 8.07. The molecule has 3 heterocycles. The van der Waals surface area contributed by atoms with Crippen molar-refractivity contribution in [2.45, 2.75) is 26.5 Å². The fourth-order valence-electron chi connectivity index (χ4n) is 2.65. The van der Waals surface area contributed by atoms with Gasteiger partial charge in [-0.25, -0.2) is 15.0 Å². The van der Waals surface area contributed by atoms with Crippen LogP contribution in [0.1, 0.15) is 25.5 Å². The lowest BCUT2D eigenvalue weighted by molar-refractivity contribution is 0.185. The normalized spacial score (nSPS) is 11.5. The van der Waals surface area contributed by atoms with Crippen molar-refractivity contribution in [3.8, 4) is 11.3 Å². The predicted octanol–water partition coefficient (Wildman–Crippen LogP) is 3.57. The van der Waals surface area contributed by atoms with E-state index in [-0.39, 0.29) is 5.95 Å². The van der Waals surface area contributed by atoms with Crippen LogP contribution in [-0.2, 0) is 11.3 Å². The van der Waals surface area contributed by atoms with Crippen molar-refractivity contribution in [1.82, 2.24) is 19.5 Å². The second kappa shape index (κ2) is 6.25. The minimum atomic E-state index is 0.249. The molecule has 0 bridgehead atoms. The number of ether oxygens (including phenoxy) is 1. The van der Waals surface area contributed by atoms with Crippen molar-refractivity contribution in [1.29, 1.82) is 0 Å². The molecule has 3 aromatic heterocycles. The molecule has 0 atom stereocenters. The zero-order valence-electron chi connectivity index (χ0n) is 13.2. The molecule has 0 aliphatic carbocycles. The molecule has 3 rings (SSSR count). The Labute approximate surface area is 142 Å². The summed E-state index contributed by atoms with van der Waals surface area (Å²) in [5, 5.41) is 1.07. The van der Waals surface area contributed by atoms with E-state index in [1.54, 1.807) is 13.3 Å². The smallest absolute Gasteiger partial charge is 0.220 e. The summed E-state index contributed by atoms with van der Waals surface area (Å²) < 4.78 is 8.23. The molecule has 0 amide bonds. The summed E-state index contributed by atoms with van der Waals surface area (Å²) in [5.74, 6) is 0.249. The molecule has 0 saturated carbocycles. The predicted molar refractivity (Wildman–Crippen MR) is 94.0 cm³/mol. The molecule has 2 N–H and O–H groups in total. The Bertz CT molecular complexity index is 859. The molecule has 0 aromatic carbocycles. The van der Waals surface area contributed by atoms with Crippen molar-refractivity contribution in [3.63, 3.8) is 0 Å². The number of nitrogens with zero attached hydrogens (tertiary/aromatic N) is 4. The summed E-state index contributed by atoms with van der Waals surface area (Å²) in [7, 11) is 1.65. The second-order valence-corrected chi connectivity index (χ2v) is 6.42. The number of halogens is 1. The minimum Gasteiger partial charge on any atom is -0.380 e. The van der Waals surface area contributed by atoms with E-state index in [0.717, 1.165) is 32.3 Å². The van der Waals surface area contributed by atoms with Gasteiger partial charge in [0.1, 0.15) is 4.60 Å². The van der Waals surface area contributed by atoms with E-state index < -0.39 is 0 Å². The fraction of sp³-hybridized carbons (Fsp3) is 0.312. The van der Waals surface area contributed by atoms with E-state index in [1.807, 2.05) is 12.3 Å². The Morgan fingerprint density at radius 3 is 2.78 bits per heavy atom. The molecule has 6 nitrogen and oxygen atoms in total. The molecular formula is C16H18BrN5O. The van der Waals surface area contributed by atoms with Gasteiger partial charge in [-0.15, -0.1) is 0 Å². The number of nitrogens with two attached hydrogens (primary N) is 1. The van der Waals surface area contributed by atoms with Gasteiger partial charge in [0, 0.05) is 42.1 Å². The van der Waals surface area contributed by atoms with Crippen LogP contribution in [0.5, 0.6) is 0 Å². The Hall–Kier alpha value is -1.99. The number of fused-ring (bicyclic) bond motifs is 1. The lowest BCUT2D eigenvalue weighted by Gasteiger charge is -2.08. The lowest BCUT2D eigenvalue weighted by atomic mass is 10.1. The highest BCUT2D eigenvalue weighted by atomic mass is 79.9. The fourth-order valence-corrected chi connectivity index (χ4v) is 2.98. The summed E-state index contributed by atoms with van der Waals surface area (Å²) in [6.07, 6.45) is 5.67. The van der Waals surface area contributed by atoms with Crippen LogP contribution < -0.4 is 5.73 Å². The van der Waals surface area contributed by atoms with E-state index >= 15 is 0 Å². The van der Waals surface area contributed by atoms with Gasteiger partial charge in [-0.05, 0) is 35.8 Å². The number of anilines is 1. The van der Waals surface area contributed by atoms with Crippen LogP contribution in [0.3, 0.4) is 0 Å². The number of methoxy groups -OCH3 is 1. The Kier molecular flexibility index (Phi) is 4.32. The SMILES string of the molecule is COCc1cnc(N)nc1-c1cn(C(C)C)c2cnc(Br)cc12. The summed E-state index contributed by atoms with van der Waals surface area (Å²) in [6, 6.07) is 2.30. The Morgan fingerprint density at radius 2 is 2.09 bits per heavy atom. The highest BCUT2D eigenvalue weighted by molar-refractivity contribution is 9.10. The van der Waals surface area contributed by atoms with Crippen LogP contribution in [-0.4, -0.2) is 26.6 Å². The molecule has 0 unspecified atom stereocenters. The molecule has 7 heteroatoms. The molecule has 0 aliphatic rings. The van der Waals surface area contributed by atoms with Gasteiger partial charge in [-0.2, -0.15) is 0 Å². The van der Waals surface area contributed by atoms with Crippen LogP contribution in [0.4, 0.5) is 5.95 Å². The van der Waals surface area contributed by atoms with Crippen molar-refractivity contribution in [3.05, 3.63) is 34.8 Å². The summed E-state index contributed by atoms with van der Waals surface area (Å²) in [4.78, 5) is 12.9. The van der Waals surface area contributed by atoms with Crippen LogP contribution in [0, 0.1) is 0 Å². The highest BCUT2D eigenvalue weighted by Crippen LogP contribution is 2.34. The number of aromatic nitrogens is 4. The molecule has 0 aliphatic heterocycles. The van der Waals surface area contributed by atoms with Gasteiger partial charge >= 0.3 is 0 Å². The highest BCUT2D eigenvalue weighted by Gasteiger charge is 2.17. The molecule has 0 spiro atoms. The van der Waals surface area contributed by atoms with Gasteiger partial charge in [0.2, 0.25) is 5.95 Å². The Balaban J connectivity index is 2.32. The van der Waals surface area contributed by atoms with Gasteiger partial charge in [0.05, 0.1) is 24.0 Å². The summed E-state index contributed by atoms with van der Waals surface area (Å²) in [5.41, 5.74) is 9.56. The number of nitrogen functional groups attached to an aromatic ring is 1. The maximum atomic E-state index is 5.81. The van der Waals surface area contributed by atoms with Crippen LogP contribution in [0.2, 0.25) is 0 Å². The number of hydrogen-bond acceptors (Lipinski definition) is 5. The van der Waals surface area contributed by atoms with E-state index in [0.29, 0.717) is 12.6 Å². The standard InChI is InChI=1S/C16H18BrN5O/c1-9(2)22-7-12(11-4-14(17)19-6-13(11)22)15-10(8-23-3)5-20-16(18)21-15/h4-7,9H,8H2,1-3H3,(H2,18,20,21). The van der Waals surface area contributed by atoms with E-state index in [9.17, 15) is 0 Å². The zero-order chi connectivity index (χ0) is 16.6. The van der Waals surface area contributed by atoms with Gasteiger partial charge in [0.15, 0.2) is 0 Å². The molecular weight excluding hydrogens is 358 g/mol. The van der Waals surface area contributed by atoms with Gasteiger partial charge in [-0.3, -0.25) is 0 Å². The lowest BCUT2D eigenvalue weighted by Crippen LogP contribution is -2.02. The average Bonchev–Trinajstić information content (AvgIpc) is 2.88. The molecule has 0 saturated heterocycles. The van der Waals surface area contributed by atoms with Crippen molar-refractivity contribution >= 4 is 32.8 Å². The van der Waals surface area contributed by atoms with E-state index in [4.69, 9.17) is 10.5 Å². The largest absolute Gasteiger partial charge is 0.380 e. The van der Waals surface area contributed by atoms with Crippen LogP contribution in [0.15, 0.2) is 29.3 Å². The van der Waals surface area contributed by atoms with Gasteiger partial charge in [0.25, 0.3) is 0 Å².